The van der Waals surface area contributed by atoms with Crippen LogP contribution < -0.4 is 5.46 Å². The number of aliphatic hydroxyl groups is 1. The van der Waals surface area contributed by atoms with Crippen LogP contribution in [0, 0.1) is 0 Å². The Morgan fingerprint density at radius 3 is 2.31 bits per heavy atom. The van der Waals surface area contributed by atoms with E-state index in [1.165, 1.54) is 0 Å². The highest BCUT2D eigenvalue weighted by Crippen LogP contribution is 2.35. The standard InChI is InChI=1S/C28H27BO3/c1-27(2,30)28(3,4)32-29-21-9-7-8-18(17-21)19-12-14-22-20(16-19)13-15-24-23-10-5-6-11-25(23)31-26(22)24/h5-17,29-30H,1-4H3. The van der Waals surface area contributed by atoms with E-state index in [0.717, 1.165) is 49.3 Å². The second kappa shape index (κ2) is 7.51. The molecular formula is C28H27BO3. The smallest absolute Gasteiger partial charge is 0.309 e. The second-order valence-electron chi connectivity index (χ2n) is 9.53. The molecular weight excluding hydrogens is 395 g/mol. The fraction of sp³-hybridized carbons (Fsp3) is 0.214. The SMILES string of the molecule is CC(C)(O)C(C)(C)OBc1cccc(-c2ccc3c(ccc4c5ccccc5oc34)c2)c1. The Morgan fingerprint density at radius 2 is 1.50 bits per heavy atom. The summed E-state index contributed by atoms with van der Waals surface area (Å²) in [7, 11) is 0.442. The number of para-hydroxylation sites is 1. The van der Waals surface area contributed by atoms with Crippen LogP contribution in [0.4, 0.5) is 0 Å². The summed E-state index contributed by atoms with van der Waals surface area (Å²) in [5, 5.41) is 14.9. The Balaban J connectivity index is 1.49. The van der Waals surface area contributed by atoms with Gasteiger partial charge in [-0.3, -0.25) is 0 Å². The monoisotopic (exact) mass is 422 g/mol. The Bertz CT molecular complexity index is 1440. The average Bonchev–Trinajstić information content (AvgIpc) is 3.16. The molecule has 0 unspecified atom stereocenters. The van der Waals surface area contributed by atoms with Crippen LogP contribution in [0.5, 0.6) is 0 Å². The van der Waals surface area contributed by atoms with Crippen molar-refractivity contribution in [2.45, 2.75) is 38.9 Å². The molecule has 1 N–H and O–H groups in total. The van der Waals surface area contributed by atoms with E-state index in [1.807, 2.05) is 32.0 Å². The Morgan fingerprint density at radius 1 is 0.750 bits per heavy atom. The molecule has 0 aliphatic rings. The van der Waals surface area contributed by atoms with Crippen LogP contribution in [0.3, 0.4) is 0 Å². The maximum Gasteiger partial charge on any atom is 0.309 e. The van der Waals surface area contributed by atoms with Gasteiger partial charge in [0.25, 0.3) is 0 Å². The van der Waals surface area contributed by atoms with Crippen LogP contribution >= 0.6 is 0 Å². The molecule has 32 heavy (non-hydrogen) atoms. The lowest BCUT2D eigenvalue weighted by Gasteiger charge is -2.37. The molecule has 0 saturated carbocycles. The summed E-state index contributed by atoms with van der Waals surface area (Å²) < 4.78 is 12.2. The normalized spacial score (nSPS) is 12.7. The molecule has 0 aliphatic heterocycles. The van der Waals surface area contributed by atoms with Crippen molar-refractivity contribution in [3.8, 4) is 11.1 Å². The first-order valence-corrected chi connectivity index (χ1v) is 11.0. The number of hydrogen-bond donors (Lipinski definition) is 1. The van der Waals surface area contributed by atoms with Crippen molar-refractivity contribution in [3.63, 3.8) is 0 Å². The summed E-state index contributed by atoms with van der Waals surface area (Å²) in [4.78, 5) is 0. The maximum atomic E-state index is 10.3. The number of fused-ring (bicyclic) bond motifs is 5. The lowest BCUT2D eigenvalue weighted by molar-refractivity contribution is -0.0893. The van der Waals surface area contributed by atoms with Crippen molar-refractivity contribution >= 4 is 45.7 Å². The van der Waals surface area contributed by atoms with Gasteiger partial charge in [0.05, 0.1) is 11.2 Å². The van der Waals surface area contributed by atoms with Gasteiger partial charge in [-0.05, 0) is 68.5 Å². The van der Waals surface area contributed by atoms with Gasteiger partial charge in [-0.2, -0.15) is 0 Å². The van der Waals surface area contributed by atoms with Crippen molar-refractivity contribution < 1.29 is 14.2 Å². The molecule has 4 heteroatoms. The zero-order valence-electron chi connectivity index (χ0n) is 19.0. The van der Waals surface area contributed by atoms with Crippen molar-refractivity contribution in [2.24, 2.45) is 0 Å². The van der Waals surface area contributed by atoms with Crippen molar-refractivity contribution in [1.82, 2.24) is 0 Å². The third-order valence-electron chi connectivity index (χ3n) is 6.69. The van der Waals surface area contributed by atoms with E-state index in [2.05, 4.69) is 60.7 Å². The summed E-state index contributed by atoms with van der Waals surface area (Å²) in [6.45, 7) is 7.38. The molecule has 4 aromatic carbocycles. The van der Waals surface area contributed by atoms with Gasteiger partial charge in [-0.15, -0.1) is 0 Å². The Labute approximate surface area is 188 Å². The Hall–Kier alpha value is -3.08. The molecule has 5 rings (SSSR count). The van der Waals surface area contributed by atoms with Gasteiger partial charge in [0, 0.05) is 16.2 Å². The van der Waals surface area contributed by atoms with Crippen LogP contribution in [-0.2, 0) is 4.65 Å². The zero-order chi connectivity index (χ0) is 22.5. The lowest BCUT2D eigenvalue weighted by atomic mass is 9.81. The first-order valence-electron chi connectivity index (χ1n) is 11.0. The van der Waals surface area contributed by atoms with Gasteiger partial charge in [0.1, 0.15) is 11.2 Å². The van der Waals surface area contributed by atoms with Gasteiger partial charge in [-0.25, -0.2) is 0 Å². The minimum absolute atomic E-state index is 0.442. The van der Waals surface area contributed by atoms with Crippen LogP contribution in [-0.4, -0.2) is 23.8 Å². The van der Waals surface area contributed by atoms with E-state index in [9.17, 15) is 5.11 Å². The largest absolute Gasteiger partial charge is 0.455 e. The first kappa shape index (κ1) is 20.8. The predicted octanol–water partition coefficient (Wildman–Crippen LogP) is 5.95. The summed E-state index contributed by atoms with van der Waals surface area (Å²) >= 11 is 0. The fourth-order valence-electron chi connectivity index (χ4n) is 3.97. The molecule has 0 atom stereocenters. The molecule has 0 fully saturated rings. The van der Waals surface area contributed by atoms with Crippen molar-refractivity contribution in [2.75, 3.05) is 0 Å². The third kappa shape index (κ3) is 3.60. The van der Waals surface area contributed by atoms with Gasteiger partial charge in [-0.1, -0.05) is 60.1 Å². The number of furan rings is 1. The summed E-state index contributed by atoms with van der Waals surface area (Å²) in [5.74, 6) is 0. The molecule has 0 amide bonds. The van der Waals surface area contributed by atoms with E-state index >= 15 is 0 Å². The molecule has 3 nitrogen and oxygen atoms in total. The molecule has 0 saturated heterocycles. The van der Waals surface area contributed by atoms with Gasteiger partial charge >= 0.3 is 7.48 Å². The quantitative estimate of drug-likeness (QED) is 0.356. The van der Waals surface area contributed by atoms with Crippen molar-refractivity contribution in [1.29, 1.82) is 0 Å². The molecule has 1 aromatic heterocycles. The van der Waals surface area contributed by atoms with Crippen LogP contribution in [0.1, 0.15) is 27.7 Å². The second-order valence-corrected chi connectivity index (χ2v) is 9.53. The predicted molar refractivity (Wildman–Crippen MR) is 135 cm³/mol. The van der Waals surface area contributed by atoms with E-state index in [-0.39, 0.29) is 0 Å². The average molecular weight is 422 g/mol. The molecule has 5 aromatic rings. The Kier molecular flexibility index (Phi) is 4.88. The fourth-order valence-corrected chi connectivity index (χ4v) is 3.97. The zero-order valence-corrected chi connectivity index (χ0v) is 19.0. The highest BCUT2D eigenvalue weighted by molar-refractivity contribution is 6.47. The van der Waals surface area contributed by atoms with E-state index in [0.29, 0.717) is 7.48 Å². The molecule has 0 aliphatic carbocycles. The number of benzene rings is 4. The minimum atomic E-state index is -0.926. The molecule has 0 bridgehead atoms. The molecule has 0 radical (unpaired) electrons. The van der Waals surface area contributed by atoms with Crippen LogP contribution in [0.15, 0.2) is 83.3 Å². The number of hydrogen-bond acceptors (Lipinski definition) is 3. The first-order chi connectivity index (χ1) is 15.2. The van der Waals surface area contributed by atoms with Gasteiger partial charge in [0.2, 0.25) is 0 Å². The lowest BCUT2D eigenvalue weighted by Crippen LogP contribution is -2.49. The van der Waals surface area contributed by atoms with Crippen molar-refractivity contribution in [3.05, 3.63) is 78.9 Å². The summed E-state index contributed by atoms with van der Waals surface area (Å²) in [6, 6.07) is 27.4. The molecule has 160 valence electrons. The van der Waals surface area contributed by atoms with E-state index < -0.39 is 11.2 Å². The van der Waals surface area contributed by atoms with Gasteiger partial charge < -0.3 is 14.2 Å². The topological polar surface area (TPSA) is 42.6 Å². The van der Waals surface area contributed by atoms with Crippen LogP contribution in [0.2, 0.25) is 0 Å². The highest BCUT2D eigenvalue weighted by atomic mass is 16.5. The number of rotatable bonds is 5. The third-order valence-corrected chi connectivity index (χ3v) is 6.69. The van der Waals surface area contributed by atoms with Gasteiger partial charge in [0.15, 0.2) is 0 Å². The molecule has 0 spiro atoms. The molecule has 1 heterocycles. The summed E-state index contributed by atoms with van der Waals surface area (Å²) in [6.07, 6.45) is 0. The van der Waals surface area contributed by atoms with E-state index in [1.54, 1.807) is 13.8 Å². The van der Waals surface area contributed by atoms with E-state index in [4.69, 9.17) is 9.07 Å². The highest BCUT2D eigenvalue weighted by Gasteiger charge is 2.35. The summed E-state index contributed by atoms with van der Waals surface area (Å²) in [5.41, 5.74) is 3.64. The maximum absolute atomic E-state index is 10.3. The van der Waals surface area contributed by atoms with Crippen LogP contribution in [0.25, 0.3) is 43.8 Å². The minimum Gasteiger partial charge on any atom is -0.455 e.